The smallest absolute Gasteiger partial charge is 0.254 e. The number of ether oxygens (including phenoxy) is 1. The molecule has 11 heteroatoms. The minimum Gasteiger partial charge on any atom is -0.475 e. The third kappa shape index (κ3) is 6.08. The van der Waals surface area contributed by atoms with Gasteiger partial charge < -0.3 is 30.3 Å². The van der Waals surface area contributed by atoms with Crippen molar-refractivity contribution < 1.29 is 32.7 Å². The fourth-order valence-corrected chi connectivity index (χ4v) is 6.68. The molecule has 2 aromatic carbocycles. The summed E-state index contributed by atoms with van der Waals surface area (Å²) in [5, 5.41) is 18.2. The highest BCUT2D eigenvalue weighted by molar-refractivity contribution is 5.94. The summed E-state index contributed by atoms with van der Waals surface area (Å²) in [6, 6.07) is 11.7. The van der Waals surface area contributed by atoms with Gasteiger partial charge in [0, 0.05) is 24.9 Å². The summed E-state index contributed by atoms with van der Waals surface area (Å²) in [6.45, 7) is 7.77. The number of aliphatic hydroxyl groups is 1. The number of primary amides is 1. The molecule has 236 valence electrons. The number of aromatic nitrogens is 1. The van der Waals surface area contributed by atoms with E-state index in [1.807, 2.05) is 13.8 Å². The Kier molecular flexibility index (Phi) is 9.36. The Balaban J connectivity index is 1.41. The van der Waals surface area contributed by atoms with Gasteiger partial charge in [-0.3, -0.25) is 9.59 Å². The number of nitrogens with zero attached hydrogens (tertiary/aromatic N) is 2. The van der Waals surface area contributed by atoms with E-state index in [4.69, 9.17) is 15.0 Å². The number of carbonyl (C=O) groups excluding carboxylic acids is 2. The number of aliphatic hydroxyl groups excluding tert-OH is 1. The maximum atomic E-state index is 14.4. The second-order valence-corrected chi connectivity index (χ2v) is 12.3. The van der Waals surface area contributed by atoms with Crippen LogP contribution in [-0.2, 0) is 9.59 Å². The summed E-state index contributed by atoms with van der Waals surface area (Å²) in [5.74, 6) is -3.30. The van der Waals surface area contributed by atoms with E-state index in [0.717, 1.165) is 25.9 Å². The van der Waals surface area contributed by atoms with E-state index in [1.165, 1.54) is 23.1 Å². The van der Waals surface area contributed by atoms with E-state index in [0.29, 0.717) is 35.3 Å². The minimum atomic E-state index is -1.57. The molecule has 2 saturated heterocycles. The first-order valence-electron chi connectivity index (χ1n) is 15.2. The van der Waals surface area contributed by atoms with Crippen LogP contribution in [0.2, 0.25) is 0 Å². The first-order valence-corrected chi connectivity index (χ1v) is 15.2. The molecule has 0 radical (unpaired) electrons. The van der Waals surface area contributed by atoms with Gasteiger partial charge in [-0.15, -0.1) is 0 Å². The topological polar surface area (TPSA) is 131 Å². The molecule has 5 rings (SSSR count). The average molecular weight is 611 g/mol. The Hall–Kier alpha value is -3.83. The van der Waals surface area contributed by atoms with Gasteiger partial charge in [0.1, 0.15) is 23.1 Å². The van der Waals surface area contributed by atoms with Gasteiger partial charge in [0.15, 0.2) is 5.76 Å². The van der Waals surface area contributed by atoms with Gasteiger partial charge in [-0.25, -0.2) is 8.78 Å². The van der Waals surface area contributed by atoms with Gasteiger partial charge in [-0.1, -0.05) is 51.1 Å². The lowest BCUT2D eigenvalue weighted by molar-refractivity contribution is -0.147. The highest BCUT2D eigenvalue weighted by Gasteiger charge is 2.57. The number of nitrogens with two attached hydrogens (primary N) is 1. The molecule has 0 saturated carbocycles. The van der Waals surface area contributed by atoms with Gasteiger partial charge in [-0.05, 0) is 66.2 Å². The summed E-state index contributed by atoms with van der Waals surface area (Å²) in [6.07, 6.45) is 0.952. The van der Waals surface area contributed by atoms with Crippen LogP contribution in [0.1, 0.15) is 63.2 Å². The number of hydrogen-bond acceptors (Lipinski definition) is 7. The van der Waals surface area contributed by atoms with Gasteiger partial charge in [0.2, 0.25) is 11.8 Å². The molecule has 2 fully saturated rings. The Bertz CT molecular complexity index is 1450. The second-order valence-electron chi connectivity index (χ2n) is 12.3. The maximum absolute atomic E-state index is 14.4. The molecule has 0 bridgehead atoms. The molecule has 2 amide bonds. The number of β-amino-alcohol motifs (C(OH)–C–C–N with tert-alkyl or cyclic N) is 1. The molecule has 3 heterocycles. The number of amides is 2. The number of benzene rings is 2. The first kappa shape index (κ1) is 31.6. The molecule has 3 aromatic rings. The van der Waals surface area contributed by atoms with E-state index in [1.54, 1.807) is 37.3 Å². The van der Waals surface area contributed by atoms with Crippen molar-refractivity contribution in [2.45, 2.75) is 63.5 Å². The number of likely N-dealkylation sites (tertiary alicyclic amines) is 1. The van der Waals surface area contributed by atoms with Crippen LogP contribution in [0.5, 0.6) is 5.88 Å². The van der Waals surface area contributed by atoms with Gasteiger partial charge in [0.05, 0.1) is 18.3 Å². The summed E-state index contributed by atoms with van der Waals surface area (Å²) < 4.78 is 40.3. The highest BCUT2D eigenvalue weighted by atomic mass is 19.1. The van der Waals surface area contributed by atoms with Crippen molar-refractivity contribution in [2.75, 3.05) is 26.2 Å². The van der Waals surface area contributed by atoms with E-state index in [2.05, 4.69) is 10.5 Å². The molecule has 2 aliphatic heterocycles. The SMILES string of the molecule is CC(C)[C@@H](C(=O)N1CC(O)CC1(C(N)=O)[C@@H](C)c1ccc(-c2c(F)cccc2F)cc1)c1cc(OCC2CCNCC2)no1. The van der Waals surface area contributed by atoms with Crippen LogP contribution < -0.4 is 15.8 Å². The second kappa shape index (κ2) is 13.0. The average Bonchev–Trinajstić information content (AvgIpc) is 3.61. The molecule has 4 N–H and O–H groups in total. The zero-order valence-corrected chi connectivity index (χ0v) is 25.3. The minimum absolute atomic E-state index is 0.0647. The zero-order chi connectivity index (χ0) is 31.6. The summed E-state index contributed by atoms with van der Waals surface area (Å²) in [4.78, 5) is 29.0. The van der Waals surface area contributed by atoms with Gasteiger partial charge >= 0.3 is 0 Å². The third-order valence-corrected chi connectivity index (χ3v) is 9.16. The van der Waals surface area contributed by atoms with E-state index in [9.17, 15) is 23.5 Å². The molecule has 2 unspecified atom stereocenters. The van der Waals surface area contributed by atoms with Crippen LogP contribution in [0.3, 0.4) is 0 Å². The first-order chi connectivity index (χ1) is 21.0. The molecular weight excluding hydrogens is 570 g/mol. The maximum Gasteiger partial charge on any atom is 0.254 e. The van der Waals surface area contributed by atoms with Crippen molar-refractivity contribution in [2.24, 2.45) is 17.6 Å². The Morgan fingerprint density at radius 3 is 2.41 bits per heavy atom. The largest absolute Gasteiger partial charge is 0.475 e. The molecule has 2 aliphatic rings. The number of rotatable bonds is 10. The molecule has 44 heavy (non-hydrogen) atoms. The summed E-state index contributed by atoms with van der Waals surface area (Å²) in [7, 11) is 0. The van der Waals surface area contributed by atoms with Crippen molar-refractivity contribution in [1.29, 1.82) is 0 Å². The summed E-state index contributed by atoms with van der Waals surface area (Å²) >= 11 is 0. The number of hydrogen-bond donors (Lipinski definition) is 3. The highest BCUT2D eigenvalue weighted by Crippen LogP contribution is 2.44. The van der Waals surface area contributed by atoms with Crippen LogP contribution >= 0.6 is 0 Å². The monoisotopic (exact) mass is 610 g/mol. The van der Waals surface area contributed by atoms with Crippen LogP contribution in [-0.4, -0.2) is 64.9 Å². The van der Waals surface area contributed by atoms with E-state index < -0.39 is 46.9 Å². The predicted molar refractivity (Wildman–Crippen MR) is 160 cm³/mol. The molecule has 0 spiro atoms. The lowest BCUT2D eigenvalue weighted by Crippen LogP contribution is -2.60. The molecule has 9 nitrogen and oxygen atoms in total. The molecule has 0 aliphatic carbocycles. The van der Waals surface area contributed by atoms with Crippen LogP contribution in [0.25, 0.3) is 11.1 Å². The van der Waals surface area contributed by atoms with Crippen LogP contribution in [0.15, 0.2) is 53.1 Å². The Morgan fingerprint density at radius 1 is 1.14 bits per heavy atom. The van der Waals surface area contributed by atoms with Crippen molar-refractivity contribution >= 4 is 11.8 Å². The van der Waals surface area contributed by atoms with Crippen molar-refractivity contribution in [3.8, 4) is 17.0 Å². The van der Waals surface area contributed by atoms with Crippen molar-refractivity contribution in [3.63, 3.8) is 0 Å². The molecule has 1 aromatic heterocycles. The third-order valence-electron chi connectivity index (χ3n) is 9.16. The van der Waals surface area contributed by atoms with Crippen molar-refractivity contribution in [3.05, 3.63) is 71.5 Å². The summed E-state index contributed by atoms with van der Waals surface area (Å²) in [5.41, 5.74) is 5.27. The number of nitrogens with one attached hydrogen (secondary N) is 1. The van der Waals surface area contributed by atoms with Gasteiger partial charge in [-0.2, -0.15) is 0 Å². The molecule has 4 atom stereocenters. The normalized spacial score (nSPS) is 22.2. The zero-order valence-electron chi connectivity index (χ0n) is 25.3. The fourth-order valence-electron chi connectivity index (χ4n) is 6.68. The van der Waals surface area contributed by atoms with Crippen LogP contribution in [0.4, 0.5) is 8.78 Å². The van der Waals surface area contributed by atoms with E-state index in [-0.39, 0.29) is 24.4 Å². The van der Waals surface area contributed by atoms with Crippen LogP contribution in [0, 0.1) is 23.5 Å². The lowest BCUT2D eigenvalue weighted by atomic mass is 9.76. The quantitative estimate of drug-likeness (QED) is 0.311. The lowest BCUT2D eigenvalue weighted by Gasteiger charge is -2.42. The van der Waals surface area contributed by atoms with Crippen molar-refractivity contribution in [1.82, 2.24) is 15.4 Å². The number of halogens is 2. The van der Waals surface area contributed by atoms with E-state index >= 15 is 0 Å². The predicted octanol–water partition coefficient (Wildman–Crippen LogP) is 4.36. The fraction of sp³-hybridized carbons (Fsp3) is 0.485. The molecular formula is C33H40F2N4O5. The Morgan fingerprint density at radius 2 is 1.80 bits per heavy atom. The Labute approximate surface area is 255 Å². The number of carbonyl (C=O) groups is 2. The number of piperidine rings is 1. The van der Waals surface area contributed by atoms with Gasteiger partial charge in [0.25, 0.3) is 5.88 Å². The standard InChI is InChI=1S/C33H40F2N4O5/c1-19(2)29(27-15-28(38-44-27)43-18-21-11-13-37-14-12-21)31(41)39-17-24(40)16-33(39,32(36)42)20(3)22-7-9-23(10-8-22)30-25(34)5-4-6-26(30)35/h4-10,15,19-21,24,29,37,40H,11-14,16-18H2,1-3H3,(H2,36,42)/t20-,24?,29+,33?/m0/s1.